The molecule has 0 bridgehead atoms. The topological polar surface area (TPSA) is 29.5 Å². The zero-order valence-corrected chi connectivity index (χ0v) is 13.6. The standard InChI is InChI=1S/C21H19NO2/c1-15(21(23)22-13-12-17-7-4-5-9-20(17)22)24-19-11-10-16-6-2-3-8-18(16)14-19/h2-11,14-15H,12-13H2,1H3. The molecule has 120 valence electrons. The fourth-order valence-electron chi connectivity index (χ4n) is 3.28. The molecule has 0 spiro atoms. The molecule has 1 atom stereocenters. The number of ether oxygens (including phenoxy) is 1. The lowest BCUT2D eigenvalue weighted by Crippen LogP contribution is -2.39. The SMILES string of the molecule is CC(Oc1ccc2ccccc2c1)C(=O)N1CCc2ccccc21. The molecule has 0 radical (unpaired) electrons. The summed E-state index contributed by atoms with van der Waals surface area (Å²) < 4.78 is 5.92. The van der Waals surface area contributed by atoms with Crippen LogP contribution < -0.4 is 9.64 Å². The molecule has 1 aliphatic rings. The first-order valence-electron chi connectivity index (χ1n) is 8.27. The summed E-state index contributed by atoms with van der Waals surface area (Å²) in [5.74, 6) is 0.732. The van der Waals surface area contributed by atoms with Crippen molar-refractivity contribution in [3.8, 4) is 5.75 Å². The lowest BCUT2D eigenvalue weighted by atomic mass is 10.1. The molecule has 1 unspecified atom stereocenters. The van der Waals surface area contributed by atoms with Crippen LogP contribution in [-0.4, -0.2) is 18.6 Å². The number of para-hydroxylation sites is 1. The van der Waals surface area contributed by atoms with E-state index < -0.39 is 6.10 Å². The van der Waals surface area contributed by atoms with Crippen LogP contribution in [0.5, 0.6) is 5.75 Å². The Kier molecular flexibility index (Phi) is 3.69. The average molecular weight is 317 g/mol. The van der Waals surface area contributed by atoms with Gasteiger partial charge in [-0.1, -0.05) is 48.5 Å². The minimum atomic E-state index is -0.516. The lowest BCUT2D eigenvalue weighted by molar-refractivity contribution is -0.124. The minimum absolute atomic E-state index is 0.00751. The summed E-state index contributed by atoms with van der Waals surface area (Å²) in [7, 11) is 0. The van der Waals surface area contributed by atoms with Crippen molar-refractivity contribution in [2.45, 2.75) is 19.4 Å². The quantitative estimate of drug-likeness (QED) is 0.724. The molecule has 3 aromatic rings. The summed E-state index contributed by atoms with van der Waals surface area (Å²) in [5, 5.41) is 2.28. The van der Waals surface area contributed by atoms with E-state index >= 15 is 0 Å². The largest absolute Gasteiger partial charge is 0.481 e. The number of amides is 1. The second-order valence-electron chi connectivity index (χ2n) is 6.14. The summed E-state index contributed by atoms with van der Waals surface area (Å²) in [5.41, 5.74) is 2.24. The molecule has 3 aromatic carbocycles. The molecule has 0 aliphatic carbocycles. The van der Waals surface area contributed by atoms with E-state index in [1.54, 1.807) is 0 Å². The van der Waals surface area contributed by atoms with E-state index in [1.807, 2.05) is 66.4 Å². The van der Waals surface area contributed by atoms with Crippen molar-refractivity contribution >= 4 is 22.4 Å². The molecular formula is C21H19NO2. The Labute approximate surface area is 141 Å². The first-order chi connectivity index (χ1) is 11.7. The normalized spacial score (nSPS) is 14.5. The maximum absolute atomic E-state index is 12.8. The van der Waals surface area contributed by atoms with Gasteiger partial charge in [-0.3, -0.25) is 4.79 Å². The molecule has 3 heteroatoms. The van der Waals surface area contributed by atoms with Crippen molar-refractivity contribution in [1.29, 1.82) is 0 Å². The van der Waals surface area contributed by atoms with E-state index in [4.69, 9.17) is 4.74 Å². The fourth-order valence-corrected chi connectivity index (χ4v) is 3.28. The van der Waals surface area contributed by atoms with E-state index in [2.05, 4.69) is 12.1 Å². The van der Waals surface area contributed by atoms with Crippen molar-refractivity contribution in [2.24, 2.45) is 0 Å². The van der Waals surface area contributed by atoms with E-state index in [9.17, 15) is 4.79 Å². The number of fused-ring (bicyclic) bond motifs is 2. The Morgan fingerprint density at radius 2 is 1.75 bits per heavy atom. The van der Waals surface area contributed by atoms with Gasteiger partial charge in [0.1, 0.15) is 5.75 Å². The molecule has 4 rings (SSSR count). The van der Waals surface area contributed by atoms with Gasteiger partial charge in [0.05, 0.1) is 0 Å². The predicted octanol–water partition coefficient (Wildman–Crippen LogP) is 4.20. The molecule has 24 heavy (non-hydrogen) atoms. The van der Waals surface area contributed by atoms with E-state index in [0.717, 1.165) is 35.2 Å². The zero-order valence-electron chi connectivity index (χ0n) is 13.6. The van der Waals surface area contributed by atoms with Gasteiger partial charge >= 0.3 is 0 Å². The van der Waals surface area contributed by atoms with Crippen molar-refractivity contribution < 1.29 is 9.53 Å². The second-order valence-corrected chi connectivity index (χ2v) is 6.14. The predicted molar refractivity (Wildman–Crippen MR) is 96.5 cm³/mol. The van der Waals surface area contributed by atoms with Crippen molar-refractivity contribution in [3.63, 3.8) is 0 Å². The summed E-state index contributed by atoms with van der Waals surface area (Å²) in [4.78, 5) is 14.6. The van der Waals surface area contributed by atoms with Crippen molar-refractivity contribution in [1.82, 2.24) is 0 Å². The van der Waals surface area contributed by atoms with Gasteiger partial charge in [-0.05, 0) is 47.9 Å². The average Bonchev–Trinajstić information content (AvgIpc) is 3.05. The molecule has 0 N–H and O–H groups in total. The number of carbonyl (C=O) groups is 1. The smallest absolute Gasteiger partial charge is 0.267 e. The van der Waals surface area contributed by atoms with Crippen LogP contribution in [0.1, 0.15) is 12.5 Å². The highest BCUT2D eigenvalue weighted by Crippen LogP contribution is 2.29. The van der Waals surface area contributed by atoms with Crippen LogP contribution in [0.3, 0.4) is 0 Å². The number of anilines is 1. The Hall–Kier alpha value is -2.81. The number of hydrogen-bond donors (Lipinski definition) is 0. The van der Waals surface area contributed by atoms with Crippen LogP contribution >= 0.6 is 0 Å². The van der Waals surface area contributed by atoms with Gasteiger partial charge in [-0.2, -0.15) is 0 Å². The molecule has 0 saturated heterocycles. The summed E-state index contributed by atoms with van der Waals surface area (Å²) in [6.07, 6.45) is 0.391. The van der Waals surface area contributed by atoms with Gasteiger partial charge in [-0.25, -0.2) is 0 Å². The number of benzene rings is 3. The maximum atomic E-state index is 12.8. The maximum Gasteiger partial charge on any atom is 0.267 e. The molecule has 0 saturated carbocycles. The first kappa shape index (κ1) is 14.8. The van der Waals surface area contributed by atoms with E-state index in [1.165, 1.54) is 5.56 Å². The highest BCUT2D eigenvalue weighted by Gasteiger charge is 2.28. The lowest BCUT2D eigenvalue weighted by Gasteiger charge is -2.22. The van der Waals surface area contributed by atoms with Crippen LogP contribution in [0, 0.1) is 0 Å². The van der Waals surface area contributed by atoms with Crippen LogP contribution in [0.25, 0.3) is 10.8 Å². The Morgan fingerprint density at radius 3 is 2.62 bits per heavy atom. The molecule has 1 aliphatic heterocycles. The number of rotatable bonds is 3. The van der Waals surface area contributed by atoms with Gasteiger partial charge in [0.2, 0.25) is 0 Å². The van der Waals surface area contributed by atoms with Gasteiger partial charge in [-0.15, -0.1) is 0 Å². The third kappa shape index (κ3) is 2.62. The van der Waals surface area contributed by atoms with Gasteiger partial charge in [0, 0.05) is 12.2 Å². The van der Waals surface area contributed by atoms with E-state index in [-0.39, 0.29) is 5.91 Å². The van der Waals surface area contributed by atoms with Crippen LogP contribution in [0.2, 0.25) is 0 Å². The molecule has 3 nitrogen and oxygen atoms in total. The van der Waals surface area contributed by atoms with Gasteiger partial charge in [0.25, 0.3) is 5.91 Å². The number of nitrogens with zero attached hydrogens (tertiary/aromatic N) is 1. The molecular weight excluding hydrogens is 298 g/mol. The molecule has 0 fully saturated rings. The monoisotopic (exact) mass is 317 g/mol. The molecule has 1 amide bonds. The summed E-state index contributed by atoms with van der Waals surface area (Å²) in [6, 6.07) is 22.1. The fraction of sp³-hybridized carbons (Fsp3) is 0.190. The van der Waals surface area contributed by atoms with Crippen LogP contribution in [0.4, 0.5) is 5.69 Å². The van der Waals surface area contributed by atoms with Gasteiger partial charge < -0.3 is 9.64 Å². The first-order valence-corrected chi connectivity index (χ1v) is 8.27. The second kappa shape index (κ2) is 6.00. The molecule has 1 heterocycles. The van der Waals surface area contributed by atoms with E-state index in [0.29, 0.717) is 0 Å². The highest BCUT2D eigenvalue weighted by molar-refractivity contribution is 5.98. The Balaban J connectivity index is 1.53. The zero-order chi connectivity index (χ0) is 16.5. The van der Waals surface area contributed by atoms with Crippen molar-refractivity contribution in [3.05, 3.63) is 72.3 Å². The van der Waals surface area contributed by atoms with Gasteiger partial charge in [0.15, 0.2) is 6.10 Å². The summed E-state index contributed by atoms with van der Waals surface area (Å²) in [6.45, 7) is 2.54. The summed E-state index contributed by atoms with van der Waals surface area (Å²) >= 11 is 0. The number of hydrogen-bond acceptors (Lipinski definition) is 2. The third-order valence-electron chi connectivity index (χ3n) is 4.53. The molecule has 0 aromatic heterocycles. The Morgan fingerprint density at radius 1 is 1.00 bits per heavy atom. The van der Waals surface area contributed by atoms with Crippen LogP contribution in [-0.2, 0) is 11.2 Å². The van der Waals surface area contributed by atoms with Crippen molar-refractivity contribution in [2.75, 3.05) is 11.4 Å². The third-order valence-corrected chi connectivity index (χ3v) is 4.53. The Bertz CT molecular complexity index is 903. The number of carbonyl (C=O) groups excluding carboxylic acids is 1. The minimum Gasteiger partial charge on any atom is -0.481 e. The van der Waals surface area contributed by atoms with Crippen LogP contribution in [0.15, 0.2) is 66.7 Å². The highest BCUT2D eigenvalue weighted by atomic mass is 16.5.